The molecule has 5 rings (SSSR count). The number of rotatable bonds is 10. The SMILES string of the molecule is C=N/C=N\C=C(/C)Nc1ccc2c(c1)c(C(C)=O)cn2CC(=O)N1C[C@H](F)C[C@H]1C(=O)Nc1c[nH]nc1-c1ccc(Cl)cc1Cl. The van der Waals surface area contributed by atoms with Crippen molar-refractivity contribution in [2.24, 2.45) is 9.98 Å². The minimum absolute atomic E-state index is 0.160. The molecular weight excluding hydrogens is 622 g/mol. The van der Waals surface area contributed by atoms with Gasteiger partial charge in [0.15, 0.2) is 5.78 Å². The predicted molar refractivity (Wildman–Crippen MR) is 175 cm³/mol. The Morgan fingerprint density at radius 1 is 1.18 bits per heavy atom. The molecule has 2 atom stereocenters. The number of hydrogen-bond acceptors (Lipinski definition) is 6. The molecule has 1 aliphatic rings. The first-order valence-corrected chi connectivity index (χ1v) is 14.6. The summed E-state index contributed by atoms with van der Waals surface area (Å²) in [4.78, 5) is 48.3. The summed E-state index contributed by atoms with van der Waals surface area (Å²) < 4.78 is 16.3. The lowest BCUT2D eigenvalue weighted by Gasteiger charge is -2.24. The molecule has 3 N–H and O–H groups in total. The number of alkyl halides is 1. The van der Waals surface area contributed by atoms with Crippen LogP contribution in [0.4, 0.5) is 15.8 Å². The van der Waals surface area contributed by atoms with E-state index >= 15 is 0 Å². The Morgan fingerprint density at radius 3 is 2.71 bits per heavy atom. The molecule has 0 radical (unpaired) electrons. The second-order valence-electron chi connectivity index (χ2n) is 10.5. The summed E-state index contributed by atoms with van der Waals surface area (Å²) in [7, 11) is 0. The Morgan fingerprint density at radius 2 is 1.98 bits per heavy atom. The number of ketones is 1. The maximum absolute atomic E-state index is 14.7. The number of aromatic nitrogens is 3. The van der Waals surface area contributed by atoms with Crippen molar-refractivity contribution in [3.05, 3.63) is 76.3 Å². The van der Waals surface area contributed by atoms with Crippen LogP contribution in [0.25, 0.3) is 22.2 Å². The highest BCUT2D eigenvalue weighted by Gasteiger charge is 2.40. The zero-order valence-corrected chi connectivity index (χ0v) is 25.9. The predicted octanol–water partition coefficient (Wildman–Crippen LogP) is 6.12. The van der Waals surface area contributed by atoms with Crippen molar-refractivity contribution < 1.29 is 18.8 Å². The van der Waals surface area contributed by atoms with E-state index in [2.05, 4.69) is 37.5 Å². The highest BCUT2D eigenvalue weighted by molar-refractivity contribution is 6.36. The van der Waals surface area contributed by atoms with Crippen LogP contribution in [-0.4, -0.2) is 69.1 Å². The smallest absolute Gasteiger partial charge is 0.247 e. The molecule has 4 aromatic rings. The molecule has 1 aliphatic heterocycles. The number of amides is 2. The van der Waals surface area contributed by atoms with Gasteiger partial charge in [0.2, 0.25) is 11.8 Å². The molecule has 2 aromatic heterocycles. The van der Waals surface area contributed by atoms with Crippen molar-refractivity contribution in [2.75, 3.05) is 17.2 Å². The summed E-state index contributed by atoms with van der Waals surface area (Å²) >= 11 is 12.4. The quantitative estimate of drug-likeness (QED) is 0.108. The molecular formula is C31H29Cl2FN8O3. The number of anilines is 2. The number of hydrogen-bond donors (Lipinski definition) is 3. The molecule has 0 saturated carbocycles. The standard InChI is InChI=1S/C31H29Cl2FN8O3/c1-17(11-36-16-35-3)38-21-5-7-27-23(10-21)24(18(2)43)14-41(27)15-29(44)42-13-20(34)9-28(42)31(45)39-26-12-37-40-30(26)22-6-4-19(32)8-25(22)33/h4-8,10-12,14,16,20,28,38H,3,9,13,15H2,1-2H3,(H,37,40)(H,39,45)/b17-11+,36-16-/t20-,28+/m1/s1. The third-order valence-corrected chi connectivity index (χ3v) is 7.83. The van der Waals surface area contributed by atoms with E-state index in [-0.39, 0.29) is 25.3 Å². The van der Waals surface area contributed by atoms with Crippen molar-refractivity contribution >= 4 is 76.1 Å². The third kappa shape index (κ3) is 6.97. The molecule has 0 unspecified atom stereocenters. The number of carbonyl (C=O) groups is 3. The zero-order chi connectivity index (χ0) is 32.2. The summed E-state index contributed by atoms with van der Waals surface area (Å²) in [5.74, 6) is -1.22. The van der Waals surface area contributed by atoms with Crippen LogP contribution in [0.1, 0.15) is 30.6 Å². The van der Waals surface area contributed by atoms with Gasteiger partial charge >= 0.3 is 0 Å². The monoisotopic (exact) mass is 650 g/mol. The van der Waals surface area contributed by atoms with Crippen molar-refractivity contribution in [2.45, 2.75) is 39.0 Å². The minimum atomic E-state index is -1.38. The van der Waals surface area contributed by atoms with E-state index < -0.39 is 24.0 Å². The number of benzene rings is 2. The molecule has 0 bridgehead atoms. The normalized spacial score (nSPS) is 16.8. The van der Waals surface area contributed by atoms with Crippen LogP contribution < -0.4 is 10.6 Å². The number of halogens is 3. The third-order valence-electron chi connectivity index (χ3n) is 7.28. The largest absolute Gasteiger partial charge is 0.358 e. The molecule has 0 aliphatic carbocycles. The van der Waals surface area contributed by atoms with Gasteiger partial charge in [0.1, 0.15) is 30.8 Å². The van der Waals surface area contributed by atoms with Gasteiger partial charge in [-0.25, -0.2) is 9.38 Å². The minimum Gasteiger partial charge on any atom is -0.358 e. The molecule has 3 heterocycles. The van der Waals surface area contributed by atoms with Gasteiger partial charge < -0.3 is 20.1 Å². The van der Waals surface area contributed by atoms with Gasteiger partial charge in [-0.15, -0.1) is 0 Å². The second-order valence-corrected chi connectivity index (χ2v) is 11.3. The maximum atomic E-state index is 14.7. The molecule has 2 amide bonds. The number of Topliss-reactive ketones (excluding diaryl/α,β-unsaturated/α-hetero) is 1. The summed E-state index contributed by atoms with van der Waals surface area (Å²) in [6, 6.07) is 9.20. The van der Waals surface area contributed by atoms with Crippen LogP contribution >= 0.6 is 23.2 Å². The average Bonchev–Trinajstić information content (AvgIpc) is 3.70. The number of allylic oxidation sites excluding steroid dienone is 1. The molecule has 11 nitrogen and oxygen atoms in total. The Labute approximate surface area is 267 Å². The summed E-state index contributed by atoms with van der Waals surface area (Å²) in [5.41, 5.74) is 3.71. The first kappa shape index (κ1) is 31.6. The molecule has 45 heavy (non-hydrogen) atoms. The van der Waals surface area contributed by atoms with Crippen LogP contribution in [0.15, 0.2) is 70.7 Å². The molecule has 1 fully saturated rings. The first-order valence-electron chi connectivity index (χ1n) is 13.8. The van der Waals surface area contributed by atoms with Gasteiger partial charge in [-0.3, -0.25) is 24.5 Å². The Bertz CT molecular complexity index is 1860. The van der Waals surface area contributed by atoms with Crippen LogP contribution in [0.2, 0.25) is 10.0 Å². The van der Waals surface area contributed by atoms with Crippen molar-refractivity contribution in [3.63, 3.8) is 0 Å². The highest BCUT2D eigenvalue weighted by Crippen LogP contribution is 2.34. The molecule has 14 heteroatoms. The fourth-order valence-electron chi connectivity index (χ4n) is 5.27. The number of fused-ring (bicyclic) bond motifs is 1. The van der Waals surface area contributed by atoms with E-state index in [1.54, 1.807) is 53.4 Å². The highest BCUT2D eigenvalue weighted by atomic mass is 35.5. The average molecular weight is 652 g/mol. The van der Waals surface area contributed by atoms with E-state index in [4.69, 9.17) is 23.2 Å². The van der Waals surface area contributed by atoms with E-state index in [1.165, 1.54) is 24.4 Å². The fraction of sp³-hybridized carbons (Fsp3) is 0.226. The summed E-state index contributed by atoms with van der Waals surface area (Å²) in [6.45, 7) is 6.17. The fourth-order valence-corrected chi connectivity index (χ4v) is 5.77. The number of aromatic amines is 1. The van der Waals surface area contributed by atoms with Crippen LogP contribution in [0, 0.1) is 0 Å². The number of nitrogens with one attached hydrogen (secondary N) is 3. The first-order chi connectivity index (χ1) is 21.5. The number of aliphatic imine (C=N–C) groups is 2. The lowest BCUT2D eigenvalue weighted by Crippen LogP contribution is -2.44. The summed E-state index contributed by atoms with van der Waals surface area (Å²) in [5, 5.41) is 14.3. The van der Waals surface area contributed by atoms with Crippen LogP contribution in [0.5, 0.6) is 0 Å². The van der Waals surface area contributed by atoms with Gasteiger partial charge in [0.25, 0.3) is 0 Å². The topological polar surface area (TPSA) is 137 Å². The van der Waals surface area contributed by atoms with Gasteiger partial charge in [-0.05, 0) is 57.0 Å². The Hall–Kier alpha value is -4.81. The van der Waals surface area contributed by atoms with Gasteiger partial charge in [0.05, 0.1) is 17.3 Å². The van der Waals surface area contributed by atoms with Crippen molar-refractivity contribution in [3.8, 4) is 11.3 Å². The zero-order valence-electron chi connectivity index (χ0n) is 24.4. The van der Waals surface area contributed by atoms with Gasteiger partial charge in [-0.1, -0.05) is 23.2 Å². The Balaban J connectivity index is 1.36. The Kier molecular flexibility index (Phi) is 9.45. The number of likely N-dealkylation sites (tertiary alicyclic amines) is 1. The van der Waals surface area contributed by atoms with E-state index in [0.29, 0.717) is 49.1 Å². The summed E-state index contributed by atoms with van der Waals surface area (Å²) in [6.07, 6.45) is 4.42. The maximum Gasteiger partial charge on any atom is 0.247 e. The lowest BCUT2D eigenvalue weighted by molar-refractivity contribution is -0.137. The second kappa shape index (κ2) is 13.4. The molecule has 0 spiro atoms. The van der Waals surface area contributed by atoms with Crippen molar-refractivity contribution in [1.29, 1.82) is 0 Å². The lowest BCUT2D eigenvalue weighted by atomic mass is 10.1. The van der Waals surface area contributed by atoms with Gasteiger partial charge in [-0.2, -0.15) is 5.10 Å². The van der Waals surface area contributed by atoms with E-state index in [1.807, 2.05) is 6.92 Å². The van der Waals surface area contributed by atoms with E-state index in [9.17, 15) is 18.8 Å². The molecule has 2 aromatic carbocycles. The number of carbonyl (C=O) groups excluding carboxylic acids is 3. The van der Waals surface area contributed by atoms with Crippen LogP contribution in [-0.2, 0) is 16.1 Å². The van der Waals surface area contributed by atoms with Crippen molar-refractivity contribution in [1.82, 2.24) is 19.7 Å². The number of nitrogens with zero attached hydrogens (tertiary/aromatic N) is 5. The van der Waals surface area contributed by atoms with Crippen LogP contribution in [0.3, 0.4) is 0 Å². The van der Waals surface area contributed by atoms with Gasteiger partial charge in [0, 0.05) is 63.5 Å². The molecule has 1 saturated heterocycles. The van der Waals surface area contributed by atoms with E-state index in [0.717, 1.165) is 5.70 Å². The number of H-pyrrole nitrogens is 1. The molecule has 232 valence electrons.